The summed E-state index contributed by atoms with van der Waals surface area (Å²) in [7, 11) is 0. The van der Waals surface area contributed by atoms with Crippen LogP contribution in [0.1, 0.15) is 67.2 Å². The number of alkyl carbamates (subject to hydrolysis) is 1. The van der Waals surface area contributed by atoms with Gasteiger partial charge in [-0.15, -0.1) is 0 Å². The molecule has 3 amide bonds. The third-order valence-corrected chi connectivity index (χ3v) is 5.45. The molecule has 0 aromatic carbocycles. The van der Waals surface area contributed by atoms with Crippen molar-refractivity contribution in [3.8, 4) is 0 Å². The molecule has 0 aromatic heterocycles. The molecule has 1 unspecified atom stereocenters. The molecule has 0 aromatic rings. The highest BCUT2D eigenvalue weighted by Crippen LogP contribution is 2.28. The van der Waals surface area contributed by atoms with E-state index < -0.39 is 35.9 Å². The fourth-order valence-electron chi connectivity index (χ4n) is 3.61. The Bertz CT molecular complexity index is 665. The topological polar surface area (TPSA) is 154 Å². The first-order valence-electron chi connectivity index (χ1n) is 11.2. The zero-order valence-corrected chi connectivity index (χ0v) is 19.9. The molecule has 3 atom stereocenters. The normalized spacial score (nSPS) is 21.8. The fourth-order valence-corrected chi connectivity index (χ4v) is 3.61. The van der Waals surface area contributed by atoms with Crippen LogP contribution in [0.2, 0.25) is 0 Å². The van der Waals surface area contributed by atoms with Crippen molar-refractivity contribution in [2.75, 3.05) is 6.54 Å². The molecular weight excluding hydrogens is 418 g/mol. The van der Waals surface area contributed by atoms with Crippen molar-refractivity contribution in [1.29, 1.82) is 0 Å². The third-order valence-electron chi connectivity index (χ3n) is 5.45. The minimum absolute atomic E-state index is 0.127. The van der Waals surface area contributed by atoms with Gasteiger partial charge in [0.15, 0.2) is 6.04 Å². The third kappa shape index (κ3) is 9.42. The number of aliphatic carboxylic acids is 1. The van der Waals surface area contributed by atoms with Gasteiger partial charge < -0.3 is 30.9 Å². The Morgan fingerprint density at radius 1 is 0.969 bits per heavy atom. The lowest BCUT2D eigenvalue weighted by atomic mass is 9.81. The molecule has 5 N–H and O–H groups in total. The van der Waals surface area contributed by atoms with Gasteiger partial charge in [0.05, 0.1) is 6.10 Å². The van der Waals surface area contributed by atoms with E-state index in [-0.39, 0.29) is 29.6 Å². The van der Waals surface area contributed by atoms with Crippen molar-refractivity contribution in [3.63, 3.8) is 0 Å². The van der Waals surface area contributed by atoms with Gasteiger partial charge >= 0.3 is 12.1 Å². The van der Waals surface area contributed by atoms with Gasteiger partial charge in [0.1, 0.15) is 11.6 Å². The predicted octanol–water partition coefficient (Wildman–Crippen LogP) is 1.41. The van der Waals surface area contributed by atoms with Gasteiger partial charge in [-0.2, -0.15) is 0 Å². The van der Waals surface area contributed by atoms with Crippen LogP contribution in [0.5, 0.6) is 0 Å². The van der Waals surface area contributed by atoms with E-state index in [1.807, 2.05) is 13.8 Å². The molecule has 0 bridgehead atoms. The van der Waals surface area contributed by atoms with E-state index in [0.29, 0.717) is 32.2 Å². The summed E-state index contributed by atoms with van der Waals surface area (Å²) < 4.78 is 5.23. The molecule has 32 heavy (non-hydrogen) atoms. The second-order valence-electron chi connectivity index (χ2n) is 9.90. The van der Waals surface area contributed by atoms with Crippen LogP contribution >= 0.6 is 0 Å². The van der Waals surface area contributed by atoms with Gasteiger partial charge in [0.25, 0.3) is 0 Å². The number of rotatable bonds is 9. The Morgan fingerprint density at radius 2 is 1.53 bits per heavy atom. The number of carboxylic acid groups (broad SMARTS) is 1. The summed E-state index contributed by atoms with van der Waals surface area (Å²) in [6, 6.07) is -2.05. The van der Waals surface area contributed by atoms with Crippen molar-refractivity contribution >= 4 is 23.9 Å². The zero-order valence-electron chi connectivity index (χ0n) is 19.9. The minimum Gasteiger partial charge on any atom is -0.480 e. The molecular formula is C22H39N3O7. The van der Waals surface area contributed by atoms with Crippen molar-refractivity contribution in [3.05, 3.63) is 0 Å². The summed E-state index contributed by atoms with van der Waals surface area (Å²) >= 11 is 0. The number of ether oxygens (including phenoxy) is 1. The molecule has 1 aliphatic carbocycles. The lowest BCUT2D eigenvalue weighted by Crippen LogP contribution is -2.52. The summed E-state index contributed by atoms with van der Waals surface area (Å²) in [5.74, 6) is -2.19. The molecule has 10 nitrogen and oxygen atoms in total. The number of aliphatic hydroxyl groups is 1. The largest absolute Gasteiger partial charge is 0.480 e. The Balaban J connectivity index is 2.50. The molecule has 1 fully saturated rings. The molecule has 0 heterocycles. The maximum Gasteiger partial charge on any atom is 0.408 e. The SMILES string of the molecule is CC(C)[C@H](NC(=O)OC(C)(C)C)C(=O)NCC1CCC(C(=O)N[C@H](C(=O)O)C(C)O)CC1. The van der Waals surface area contributed by atoms with Gasteiger partial charge in [-0.1, -0.05) is 13.8 Å². The smallest absolute Gasteiger partial charge is 0.408 e. The number of aliphatic hydroxyl groups excluding tert-OH is 1. The molecule has 0 aliphatic heterocycles. The van der Waals surface area contributed by atoms with E-state index in [9.17, 15) is 24.3 Å². The lowest BCUT2D eigenvalue weighted by molar-refractivity contribution is -0.145. The van der Waals surface area contributed by atoms with E-state index in [1.54, 1.807) is 20.8 Å². The first kappa shape index (κ1) is 27.7. The quantitative estimate of drug-likeness (QED) is 0.351. The summed E-state index contributed by atoms with van der Waals surface area (Å²) in [5.41, 5.74) is -0.660. The van der Waals surface area contributed by atoms with Gasteiger partial charge in [-0.05, 0) is 65.2 Å². The summed E-state index contributed by atoms with van der Waals surface area (Å²) in [6.45, 7) is 10.7. The molecule has 0 radical (unpaired) electrons. The highest BCUT2D eigenvalue weighted by molar-refractivity contribution is 5.86. The molecule has 184 valence electrons. The Morgan fingerprint density at radius 3 is 1.97 bits per heavy atom. The van der Waals surface area contributed by atoms with Crippen LogP contribution < -0.4 is 16.0 Å². The summed E-state index contributed by atoms with van der Waals surface area (Å²) in [6.07, 6.45) is 0.721. The van der Waals surface area contributed by atoms with E-state index in [4.69, 9.17) is 9.84 Å². The van der Waals surface area contributed by atoms with E-state index in [2.05, 4.69) is 16.0 Å². The zero-order chi connectivity index (χ0) is 24.6. The van der Waals surface area contributed by atoms with Crippen LogP contribution in [0.3, 0.4) is 0 Å². The van der Waals surface area contributed by atoms with Crippen molar-refractivity contribution in [1.82, 2.24) is 16.0 Å². The Kier molecular flexibility index (Phi) is 10.4. The highest BCUT2D eigenvalue weighted by Gasteiger charge is 2.32. The van der Waals surface area contributed by atoms with Crippen LogP contribution in [0.15, 0.2) is 0 Å². The van der Waals surface area contributed by atoms with Gasteiger partial charge in [0, 0.05) is 12.5 Å². The average Bonchev–Trinajstić information content (AvgIpc) is 2.66. The molecule has 1 saturated carbocycles. The first-order chi connectivity index (χ1) is 14.7. The lowest BCUT2D eigenvalue weighted by Gasteiger charge is -2.30. The number of hydrogen-bond donors (Lipinski definition) is 5. The Hall–Kier alpha value is -2.36. The van der Waals surface area contributed by atoms with E-state index in [1.165, 1.54) is 6.92 Å². The molecule has 0 saturated heterocycles. The van der Waals surface area contributed by atoms with Gasteiger partial charge in [-0.3, -0.25) is 9.59 Å². The first-order valence-corrected chi connectivity index (χ1v) is 11.2. The van der Waals surface area contributed by atoms with Crippen molar-refractivity contribution < 1.29 is 34.1 Å². The number of carboxylic acids is 1. The molecule has 1 rings (SSSR count). The highest BCUT2D eigenvalue weighted by atomic mass is 16.6. The second kappa shape index (κ2) is 12.0. The monoisotopic (exact) mass is 457 g/mol. The van der Waals surface area contributed by atoms with Crippen molar-refractivity contribution in [2.24, 2.45) is 17.8 Å². The van der Waals surface area contributed by atoms with E-state index in [0.717, 1.165) is 0 Å². The molecule has 1 aliphatic rings. The predicted molar refractivity (Wildman–Crippen MR) is 118 cm³/mol. The van der Waals surface area contributed by atoms with Gasteiger partial charge in [0.2, 0.25) is 11.8 Å². The number of hydrogen-bond acceptors (Lipinski definition) is 6. The number of carbonyl (C=O) groups excluding carboxylic acids is 3. The van der Waals surface area contributed by atoms with Crippen LogP contribution in [0, 0.1) is 17.8 Å². The van der Waals surface area contributed by atoms with Crippen LogP contribution in [0.4, 0.5) is 4.79 Å². The molecule has 0 spiro atoms. The van der Waals surface area contributed by atoms with Crippen LogP contribution in [-0.2, 0) is 19.1 Å². The summed E-state index contributed by atoms with van der Waals surface area (Å²) in [5, 5.41) is 26.5. The minimum atomic E-state index is -1.33. The van der Waals surface area contributed by atoms with E-state index >= 15 is 0 Å². The standard InChI is InChI=1S/C22H39N3O7/c1-12(2)16(25-21(31)32-22(4,5)6)19(28)23-11-14-7-9-15(10-8-14)18(27)24-17(13(3)26)20(29)30/h12-17,26H,7-11H2,1-6H3,(H,23,28)(H,24,27)(H,25,31)(H,29,30)/t13?,14?,15?,16-,17-/m0/s1. The maximum atomic E-state index is 12.6. The number of amides is 3. The van der Waals surface area contributed by atoms with Crippen LogP contribution in [0.25, 0.3) is 0 Å². The van der Waals surface area contributed by atoms with Gasteiger partial charge in [-0.25, -0.2) is 9.59 Å². The number of nitrogens with one attached hydrogen (secondary N) is 3. The van der Waals surface area contributed by atoms with Crippen molar-refractivity contribution in [2.45, 2.75) is 91.0 Å². The number of carbonyl (C=O) groups is 4. The fraction of sp³-hybridized carbons (Fsp3) is 0.818. The molecule has 10 heteroatoms. The Labute approximate surface area is 189 Å². The average molecular weight is 458 g/mol. The van der Waals surface area contributed by atoms with Crippen LogP contribution in [-0.4, -0.2) is 64.4 Å². The second-order valence-corrected chi connectivity index (χ2v) is 9.90. The maximum absolute atomic E-state index is 12.6. The summed E-state index contributed by atoms with van der Waals surface area (Å²) in [4.78, 5) is 48.2.